The van der Waals surface area contributed by atoms with Crippen molar-refractivity contribution in [3.8, 4) is 11.4 Å². The van der Waals surface area contributed by atoms with Crippen LogP contribution in [0.25, 0.3) is 11.4 Å². The Bertz CT molecular complexity index is 439. The summed E-state index contributed by atoms with van der Waals surface area (Å²) in [7, 11) is 0. The number of aryl methyl sites for hydroxylation is 1. The summed E-state index contributed by atoms with van der Waals surface area (Å²) in [5.41, 5.74) is 7.51. The number of aromatic nitrogens is 3. The largest absolute Gasteiger partial charge is 0.383 e. The molecule has 2 rings (SSSR count). The molecule has 70 valence electrons. The summed E-state index contributed by atoms with van der Waals surface area (Å²) in [6, 6.07) is 3.70. The first kappa shape index (κ1) is 8.62. The second-order valence-corrected chi connectivity index (χ2v) is 3.00. The second-order valence-electron chi connectivity index (χ2n) is 3.00. The molecule has 2 aromatic heterocycles. The molecule has 0 unspecified atom stereocenters. The first-order valence-corrected chi connectivity index (χ1v) is 4.27. The Balaban J connectivity index is 2.48. The van der Waals surface area contributed by atoms with Gasteiger partial charge in [-0.05, 0) is 19.1 Å². The van der Waals surface area contributed by atoms with Crippen molar-refractivity contribution in [3.05, 3.63) is 36.3 Å². The smallest absolute Gasteiger partial charge is 0.161 e. The summed E-state index contributed by atoms with van der Waals surface area (Å²) in [6.07, 6.45) is 5.13. The number of rotatable bonds is 1. The van der Waals surface area contributed by atoms with E-state index in [0.717, 1.165) is 11.1 Å². The molecule has 0 fully saturated rings. The third kappa shape index (κ3) is 1.54. The van der Waals surface area contributed by atoms with Gasteiger partial charge in [0.2, 0.25) is 0 Å². The fourth-order valence-corrected chi connectivity index (χ4v) is 1.10. The van der Waals surface area contributed by atoms with Gasteiger partial charge in [0.1, 0.15) is 5.82 Å². The molecule has 2 heterocycles. The number of nitrogens with zero attached hydrogens (tertiary/aromatic N) is 3. The van der Waals surface area contributed by atoms with Gasteiger partial charge < -0.3 is 5.73 Å². The van der Waals surface area contributed by atoms with E-state index in [1.807, 2.05) is 19.1 Å². The van der Waals surface area contributed by atoms with Crippen LogP contribution in [0.5, 0.6) is 0 Å². The van der Waals surface area contributed by atoms with E-state index in [1.54, 1.807) is 18.6 Å². The molecule has 0 aliphatic carbocycles. The van der Waals surface area contributed by atoms with Gasteiger partial charge in [-0.3, -0.25) is 4.98 Å². The van der Waals surface area contributed by atoms with Crippen LogP contribution in [0.1, 0.15) is 5.56 Å². The molecule has 2 N–H and O–H groups in total. The predicted molar refractivity (Wildman–Crippen MR) is 54.4 cm³/mol. The zero-order chi connectivity index (χ0) is 9.97. The Labute approximate surface area is 81.9 Å². The quantitative estimate of drug-likeness (QED) is 0.731. The fraction of sp³-hybridized carbons (Fsp3) is 0.100. The third-order valence-corrected chi connectivity index (χ3v) is 1.95. The van der Waals surface area contributed by atoms with Crippen molar-refractivity contribution in [1.29, 1.82) is 0 Å². The second kappa shape index (κ2) is 3.41. The highest BCUT2D eigenvalue weighted by molar-refractivity contribution is 5.56. The zero-order valence-corrected chi connectivity index (χ0v) is 7.81. The average Bonchev–Trinajstić information content (AvgIpc) is 2.23. The van der Waals surface area contributed by atoms with Gasteiger partial charge in [-0.25, -0.2) is 9.97 Å². The van der Waals surface area contributed by atoms with Gasteiger partial charge in [0, 0.05) is 29.7 Å². The monoisotopic (exact) mass is 186 g/mol. The van der Waals surface area contributed by atoms with Gasteiger partial charge >= 0.3 is 0 Å². The molecule has 0 saturated heterocycles. The Morgan fingerprint density at radius 1 is 1.21 bits per heavy atom. The van der Waals surface area contributed by atoms with Crippen molar-refractivity contribution in [3.63, 3.8) is 0 Å². The molecule has 0 radical (unpaired) electrons. The lowest BCUT2D eigenvalue weighted by atomic mass is 10.2. The van der Waals surface area contributed by atoms with Crippen molar-refractivity contribution in [2.24, 2.45) is 0 Å². The summed E-state index contributed by atoms with van der Waals surface area (Å²) >= 11 is 0. The van der Waals surface area contributed by atoms with Gasteiger partial charge in [0.25, 0.3) is 0 Å². The summed E-state index contributed by atoms with van der Waals surface area (Å²) in [5, 5.41) is 0. The van der Waals surface area contributed by atoms with Crippen molar-refractivity contribution in [2.75, 3.05) is 5.73 Å². The molecule has 0 aromatic carbocycles. The minimum atomic E-state index is 0.520. The first-order chi connectivity index (χ1) is 6.77. The van der Waals surface area contributed by atoms with E-state index in [4.69, 9.17) is 5.73 Å². The van der Waals surface area contributed by atoms with E-state index in [-0.39, 0.29) is 0 Å². The van der Waals surface area contributed by atoms with Crippen molar-refractivity contribution in [2.45, 2.75) is 6.92 Å². The molecular formula is C10H10N4. The molecule has 2 aromatic rings. The normalized spacial score (nSPS) is 10.1. The van der Waals surface area contributed by atoms with Gasteiger partial charge in [-0.15, -0.1) is 0 Å². The van der Waals surface area contributed by atoms with E-state index in [2.05, 4.69) is 15.0 Å². The van der Waals surface area contributed by atoms with Crippen LogP contribution in [0.3, 0.4) is 0 Å². The minimum Gasteiger partial charge on any atom is -0.383 e. The lowest BCUT2D eigenvalue weighted by Crippen LogP contribution is -1.98. The zero-order valence-electron chi connectivity index (χ0n) is 7.81. The van der Waals surface area contributed by atoms with Crippen LogP contribution >= 0.6 is 0 Å². The van der Waals surface area contributed by atoms with E-state index in [0.29, 0.717) is 11.6 Å². The van der Waals surface area contributed by atoms with Gasteiger partial charge in [-0.2, -0.15) is 0 Å². The molecule has 0 bridgehead atoms. The maximum atomic E-state index is 5.69. The topological polar surface area (TPSA) is 64.7 Å². The predicted octanol–water partition coefficient (Wildman–Crippen LogP) is 1.43. The maximum absolute atomic E-state index is 5.69. The summed E-state index contributed by atoms with van der Waals surface area (Å²) < 4.78 is 0. The lowest BCUT2D eigenvalue weighted by molar-refractivity contribution is 1.14. The number of anilines is 1. The molecule has 0 spiro atoms. The molecule has 14 heavy (non-hydrogen) atoms. The Morgan fingerprint density at radius 2 is 1.93 bits per heavy atom. The Morgan fingerprint density at radius 3 is 2.57 bits per heavy atom. The molecule has 4 nitrogen and oxygen atoms in total. The summed E-state index contributed by atoms with van der Waals surface area (Å²) in [5.74, 6) is 1.15. The van der Waals surface area contributed by atoms with Crippen molar-refractivity contribution >= 4 is 5.82 Å². The minimum absolute atomic E-state index is 0.520. The molecule has 0 aliphatic heterocycles. The summed E-state index contributed by atoms with van der Waals surface area (Å²) in [4.78, 5) is 12.3. The van der Waals surface area contributed by atoms with Crippen LogP contribution in [0.15, 0.2) is 30.7 Å². The third-order valence-electron chi connectivity index (χ3n) is 1.95. The molecule has 0 saturated carbocycles. The van der Waals surface area contributed by atoms with Crippen LogP contribution in [0.2, 0.25) is 0 Å². The van der Waals surface area contributed by atoms with E-state index in [1.165, 1.54) is 0 Å². The van der Waals surface area contributed by atoms with E-state index in [9.17, 15) is 0 Å². The maximum Gasteiger partial charge on any atom is 0.161 e. The summed E-state index contributed by atoms with van der Waals surface area (Å²) in [6.45, 7) is 1.88. The van der Waals surface area contributed by atoms with Gasteiger partial charge in [0.05, 0.1) is 0 Å². The molecule has 0 aliphatic rings. The van der Waals surface area contributed by atoms with E-state index < -0.39 is 0 Å². The molecule has 0 amide bonds. The fourth-order valence-electron chi connectivity index (χ4n) is 1.10. The molecular weight excluding hydrogens is 176 g/mol. The number of nitrogen functional groups attached to an aromatic ring is 1. The number of nitrogens with two attached hydrogens (primary N) is 1. The van der Waals surface area contributed by atoms with Crippen molar-refractivity contribution < 1.29 is 0 Å². The van der Waals surface area contributed by atoms with Crippen molar-refractivity contribution in [1.82, 2.24) is 15.0 Å². The average molecular weight is 186 g/mol. The number of pyridine rings is 1. The standard InChI is InChI=1S/C10H10N4/c1-7-6-13-10(14-9(7)11)8-2-4-12-5-3-8/h2-6H,1H3,(H2,11,13,14). The highest BCUT2D eigenvalue weighted by Gasteiger charge is 2.02. The van der Waals surface area contributed by atoms with Crippen LogP contribution in [-0.4, -0.2) is 15.0 Å². The first-order valence-electron chi connectivity index (χ1n) is 4.27. The number of hydrogen-bond donors (Lipinski definition) is 1. The van der Waals surface area contributed by atoms with E-state index >= 15 is 0 Å². The highest BCUT2D eigenvalue weighted by Crippen LogP contribution is 2.15. The highest BCUT2D eigenvalue weighted by atomic mass is 14.9. The molecule has 0 atom stereocenters. The SMILES string of the molecule is Cc1cnc(-c2ccncc2)nc1N. The van der Waals surface area contributed by atoms with Crippen LogP contribution in [0.4, 0.5) is 5.82 Å². The lowest BCUT2D eigenvalue weighted by Gasteiger charge is -2.02. The molecule has 4 heteroatoms. The van der Waals surface area contributed by atoms with Crippen LogP contribution < -0.4 is 5.73 Å². The van der Waals surface area contributed by atoms with Gasteiger partial charge in [-0.1, -0.05) is 0 Å². The van der Waals surface area contributed by atoms with Crippen LogP contribution in [-0.2, 0) is 0 Å². The Kier molecular flexibility index (Phi) is 2.10. The Hall–Kier alpha value is -1.97. The van der Waals surface area contributed by atoms with Gasteiger partial charge in [0.15, 0.2) is 5.82 Å². The number of hydrogen-bond acceptors (Lipinski definition) is 4. The van der Waals surface area contributed by atoms with Crippen LogP contribution in [0, 0.1) is 6.92 Å².